The van der Waals surface area contributed by atoms with Crippen molar-refractivity contribution < 1.29 is 9.00 Å². The van der Waals surface area contributed by atoms with Gasteiger partial charge in [0.05, 0.1) is 10.8 Å². The quantitative estimate of drug-likeness (QED) is 0.820. The van der Waals surface area contributed by atoms with E-state index in [0.717, 1.165) is 16.9 Å². The highest BCUT2D eigenvalue weighted by atomic mass is 32.2. The van der Waals surface area contributed by atoms with Crippen molar-refractivity contribution in [3.8, 4) is 0 Å². The van der Waals surface area contributed by atoms with Crippen LogP contribution in [0.25, 0.3) is 0 Å². The van der Waals surface area contributed by atoms with Gasteiger partial charge >= 0.3 is 0 Å². The molecule has 4 nitrogen and oxygen atoms in total. The van der Waals surface area contributed by atoms with Gasteiger partial charge in [-0.05, 0) is 32.0 Å². The Morgan fingerprint density at radius 1 is 1.32 bits per heavy atom. The smallest absolute Gasteiger partial charge is 0.223 e. The Balaban J connectivity index is 2.41. The molecule has 0 aliphatic carbocycles. The summed E-state index contributed by atoms with van der Waals surface area (Å²) in [6, 6.07) is 7.58. The minimum Gasteiger partial charge on any atom is -0.346 e. The van der Waals surface area contributed by atoms with Crippen LogP contribution in [0, 0.1) is 6.92 Å². The van der Waals surface area contributed by atoms with E-state index in [1.54, 1.807) is 11.9 Å². The molecule has 0 saturated heterocycles. The van der Waals surface area contributed by atoms with E-state index in [1.165, 1.54) is 0 Å². The predicted molar refractivity (Wildman–Crippen MR) is 78.4 cm³/mol. The Kier molecular flexibility index (Phi) is 6.73. The average Bonchev–Trinajstić information content (AvgIpc) is 2.42. The van der Waals surface area contributed by atoms with Gasteiger partial charge in [-0.1, -0.05) is 17.7 Å². The molecule has 2 N–H and O–H groups in total. The zero-order valence-corrected chi connectivity index (χ0v) is 12.4. The molecule has 1 aromatic rings. The van der Waals surface area contributed by atoms with Gasteiger partial charge in [-0.3, -0.25) is 9.00 Å². The second-order valence-corrected chi connectivity index (χ2v) is 6.14. The van der Waals surface area contributed by atoms with Crippen LogP contribution in [0.2, 0.25) is 0 Å². The normalized spacial score (nSPS) is 12.2. The number of rotatable bonds is 7. The highest BCUT2D eigenvalue weighted by Gasteiger charge is 2.11. The summed E-state index contributed by atoms with van der Waals surface area (Å²) in [4.78, 5) is 14.2. The van der Waals surface area contributed by atoms with Gasteiger partial charge in [0.1, 0.15) is 0 Å². The second kappa shape index (κ2) is 8.07. The van der Waals surface area contributed by atoms with Crippen LogP contribution in [0.15, 0.2) is 29.2 Å². The van der Waals surface area contributed by atoms with Crippen molar-refractivity contribution in [3.05, 3.63) is 29.8 Å². The molecular weight excluding hydrogens is 260 g/mol. The molecule has 19 heavy (non-hydrogen) atoms. The zero-order valence-electron chi connectivity index (χ0n) is 11.6. The molecule has 0 radical (unpaired) electrons. The summed E-state index contributed by atoms with van der Waals surface area (Å²) < 4.78 is 12.0. The number of amides is 1. The average molecular weight is 282 g/mol. The minimum absolute atomic E-state index is 0.0221. The zero-order chi connectivity index (χ0) is 14.3. The van der Waals surface area contributed by atoms with E-state index in [1.807, 2.05) is 31.2 Å². The number of carbonyl (C=O) groups excluding carboxylic acids is 1. The van der Waals surface area contributed by atoms with E-state index in [9.17, 15) is 9.00 Å². The highest BCUT2D eigenvalue weighted by molar-refractivity contribution is 7.85. The molecule has 5 heteroatoms. The van der Waals surface area contributed by atoms with E-state index < -0.39 is 10.8 Å². The van der Waals surface area contributed by atoms with E-state index in [2.05, 4.69) is 0 Å². The Bertz CT molecular complexity index is 432. The van der Waals surface area contributed by atoms with E-state index >= 15 is 0 Å². The summed E-state index contributed by atoms with van der Waals surface area (Å²) >= 11 is 0. The Labute approximate surface area is 117 Å². The van der Waals surface area contributed by atoms with Gasteiger partial charge in [0.25, 0.3) is 0 Å². The first-order valence-corrected chi connectivity index (χ1v) is 7.75. The van der Waals surface area contributed by atoms with Crippen molar-refractivity contribution in [1.82, 2.24) is 4.90 Å². The Hall–Kier alpha value is -1.20. The van der Waals surface area contributed by atoms with Crippen LogP contribution >= 0.6 is 0 Å². The fraction of sp³-hybridized carbons (Fsp3) is 0.500. The molecule has 0 spiro atoms. The molecule has 0 saturated carbocycles. The van der Waals surface area contributed by atoms with Gasteiger partial charge in [0, 0.05) is 30.7 Å². The van der Waals surface area contributed by atoms with Crippen LogP contribution in [0.3, 0.4) is 0 Å². The summed E-state index contributed by atoms with van der Waals surface area (Å²) in [5.74, 6) is 0.392. The van der Waals surface area contributed by atoms with Gasteiger partial charge in [-0.25, -0.2) is 0 Å². The predicted octanol–water partition coefficient (Wildman–Crippen LogP) is 1.30. The molecule has 1 unspecified atom stereocenters. The first-order valence-electron chi connectivity index (χ1n) is 6.43. The summed E-state index contributed by atoms with van der Waals surface area (Å²) in [7, 11) is 0.650. The molecule has 1 rings (SSSR count). The molecule has 0 aromatic heterocycles. The number of benzene rings is 1. The van der Waals surface area contributed by atoms with Crippen molar-refractivity contribution in [2.24, 2.45) is 5.73 Å². The molecule has 0 aliphatic heterocycles. The summed E-state index contributed by atoms with van der Waals surface area (Å²) in [5, 5.41) is 0. The summed E-state index contributed by atoms with van der Waals surface area (Å²) in [5.41, 5.74) is 6.54. The van der Waals surface area contributed by atoms with Crippen molar-refractivity contribution in [1.29, 1.82) is 0 Å². The fourth-order valence-corrected chi connectivity index (χ4v) is 2.67. The van der Waals surface area contributed by atoms with Crippen molar-refractivity contribution >= 4 is 16.7 Å². The lowest BCUT2D eigenvalue weighted by atomic mass is 10.2. The SMILES string of the molecule is Cc1ccc(S(=O)CCC(=O)N(C)CCCN)cc1. The number of aryl methyl sites for hydroxylation is 1. The summed E-state index contributed by atoms with van der Waals surface area (Å²) in [6.07, 6.45) is 1.10. The number of hydrogen-bond donors (Lipinski definition) is 1. The number of hydrogen-bond acceptors (Lipinski definition) is 3. The van der Waals surface area contributed by atoms with Gasteiger partial charge in [-0.2, -0.15) is 0 Å². The van der Waals surface area contributed by atoms with Gasteiger partial charge in [-0.15, -0.1) is 0 Å². The molecule has 1 atom stereocenters. The molecule has 1 amide bonds. The number of nitrogens with zero attached hydrogens (tertiary/aromatic N) is 1. The molecule has 0 heterocycles. The molecule has 0 fully saturated rings. The van der Waals surface area contributed by atoms with Crippen molar-refractivity contribution in [2.75, 3.05) is 25.9 Å². The Morgan fingerprint density at radius 3 is 2.53 bits per heavy atom. The highest BCUT2D eigenvalue weighted by Crippen LogP contribution is 2.09. The molecule has 106 valence electrons. The van der Waals surface area contributed by atoms with Crippen molar-refractivity contribution in [3.63, 3.8) is 0 Å². The van der Waals surface area contributed by atoms with E-state index in [-0.39, 0.29) is 5.91 Å². The van der Waals surface area contributed by atoms with Crippen molar-refractivity contribution in [2.45, 2.75) is 24.7 Å². The van der Waals surface area contributed by atoms with Crippen LogP contribution in [0.4, 0.5) is 0 Å². The van der Waals surface area contributed by atoms with Crippen LogP contribution in [-0.2, 0) is 15.6 Å². The lowest BCUT2D eigenvalue weighted by Gasteiger charge is -2.16. The summed E-state index contributed by atoms with van der Waals surface area (Å²) in [6.45, 7) is 3.22. The Morgan fingerprint density at radius 2 is 1.95 bits per heavy atom. The standard InChI is InChI=1S/C14H22N2O2S/c1-12-4-6-13(7-5-12)19(18)11-8-14(17)16(2)10-3-9-15/h4-7H,3,8-11,15H2,1-2H3. The molecule has 1 aromatic carbocycles. The molecular formula is C14H22N2O2S. The maximum absolute atomic E-state index is 12.0. The third-order valence-electron chi connectivity index (χ3n) is 2.91. The van der Waals surface area contributed by atoms with E-state index in [0.29, 0.717) is 25.3 Å². The molecule has 0 bridgehead atoms. The number of carbonyl (C=O) groups is 1. The maximum atomic E-state index is 12.0. The largest absolute Gasteiger partial charge is 0.346 e. The fourth-order valence-electron chi connectivity index (χ4n) is 1.63. The van der Waals surface area contributed by atoms with E-state index in [4.69, 9.17) is 5.73 Å². The monoisotopic (exact) mass is 282 g/mol. The third kappa shape index (κ3) is 5.53. The lowest BCUT2D eigenvalue weighted by Crippen LogP contribution is -2.29. The molecule has 0 aliphatic rings. The third-order valence-corrected chi connectivity index (χ3v) is 4.28. The minimum atomic E-state index is -1.11. The number of nitrogens with two attached hydrogens (primary N) is 1. The van der Waals surface area contributed by atoms with Crippen LogP contribution in [0.5, 0.6) is 0 Å². The van der Waals surface area contributed by atoms with Crippen LogP contribution in [0.1, 0.15) is 18.4 Å². The lowest BCUT2D eigenvalue weighted by molar-refractivity contribution is -0.129. The van der Waals surface area contributed by atoms with Crippen LogP contribution in [-0.4, -0.2) is 40.9 Å². The maximum Gasteiger partial charge on any atom is 0.223 e. The van der Waals surface area contributed by atoms with Gasteiger partial charge < -0.3 is 10.6 Å². The van der Waals surface area contributed by atoms with Gasteiger partial charge in [0.15, 0.2) is 0 Å². The topological polar surface area (TPSA) is 63.4 Å². The second-order valence-electron chi connectivity index (χ2n) is 4.57. The van der Waals surface area contributed by atoms with Crippen LogP contribution < -0.4 is 5.73 Å². The first kappa shape index (κ1) is 15.9. The van der Waals surface area contributed by atoms with Gasteiger partial charge in [0.2, 0.25) is 5.91 Å². The first-order chi connectivity index (χ1) is 9.04.